The molecule has 3 saturated heterocycles. The molecule has 0 aromatic carbocycles. The molecule has 6 rings (SSSR count). The third-order valence-electron chi connectivity index (χ3n) is 8.02. The van der Waals surface area contributed by atoms with E-state index in [0.29, 0.717) is 30.2 Å². The van der Waals surface area contributed by atoms with E-state index in [1.807, 2.05) is 25.2 Å². The minimum absolute atomic E-state index is 0.0762. The van der Waals surface area contributed by atoms with Crippen molar-refractivity contribution in [3.8, 4) is 6.07 Å². The Morgan fingerprint density at radius 3 is 2.68 bits per heavy atom. The summed E-state index contributed by atoms with van der Waals surface area (Å²) in [5, 5.41) is 29.5. The van der Waals surface area contributed by atoms with Gasteiger partial charge in [0.05, 0.1) is 29.8 Å². The standard InChI is InChI=1S/C25H31N9O3S/c1-32(20-9-18-4-2-5-19(10-20)34(18)38(36,37)33-13-16(12-26)14-33)25-21-6-3-7-27-22(21)11-23(29-25)28-24-8-17(15-35)30-31-24/h3,6-8,11,16,18-20,35H,2,4-5,9-10,13-15H2,1H3,(H2,28,29,30,31). The molecule has 3 aliphatic heterocycles. The lowest BCUT2D eigenvalue weighted by molar-refractivity contribution is 0.0932. The molecule has 6 heterocycles. The number of nitrogens with one attached hydrogen (secondary N) is 2. The van der Waals surface area contributed by atoms with Crippen LogP contribution >= 0.6 is 0 Å². The first-order valence-corrected chi connectivity index (χ1v) is 14.4. The number of pyridine rings is 2. The van der Waals surface area contributed by atoms with Crippen molar-refractivity contribution < 1.29 is 13.5 Å². The van der Waals surface area contributed by atoms with Crippen LogP contribution in [0.25, 0.3) is 10.9 Å². The van der Waals surface area contributed by atoms with Crippen molar-refractivity contribution in [1.82, 2.24) is 28.8 Å². The van der Waals surface area contributed by atoms with Crippen molar-refractivity contribution in [3.05, 3.63) is 36.2 Å². The lowest BCUT2D eigenvalue weighted by atomic mass is 9.83. The van der Waals surface area contributed by atoms with E-state index in [1.165, 1.54) is 4.31 Å². The lowest BCUT2D eigenvalue weighted by Crippen LogP contribution is -2.64. The number of hydrogen-bond acceptors (Lipinski definition) is 9. The molecule has 2 atom stereocenters. The molecular formula is C25H31N9O3S. The normalized spacial score (nSPS) is 24.6. The van der Waals surface area contributed by atoms with Gasteiger partial charge < -0.3 is 15.3 Å². The minimum Gasteiger partial charge on any atom is -0.390 e. The van der Waals surface area contributed by atoms with Gasteiger partial charge in [-0.05, 0) is 37.8 Å². The number of aromatic nitrogens is 4. The van der Waals surface area contributed by atoms with Gasteiger partial charge in [0, 0.05) is 62.0 Å². The van der Waals surface area contributed by atoms with Crippen LogP contribution in [0.15, 0.2) is 30.5 Å². The second-order valence-electron chi connectivity index (χ2n) is 10.4. The zero-order valence-corrected chi connectivity index (χ0v) is 22.0. The fraction of sp³-hybridized carbons (Fsp3) is 0.520. The maximum absolute atomic E-state index is 13.5. The summed E-state index contributed by atoms with van der Waals surface area (Å²) >= 11 is 0. The fourth-order valence-corrected chi connectivity index (χ4v) is 8.19. The maximum Gasteiger partial charge on any atom is 0.282 e. The molecule has 12 nitrogen and oxygen atoms in total. The summed E-state index contributed by atoms with van der Waals surface area (Å²) in [4.78, 5) is 11.6. The van der Waals surface area contributed by atoms with Gasteiger partial charge in [-0.25, -0.2) is 4.98 Å². The Hall–Kier alpha value is -3.31. The third kappa shape index (κ3) is 4.37. The van der Waals surface area contributed by atoms with E-state index in [-0.39, 0.29) is 43.7 Å². The van der Waals surface area contributed by atoms with Crippen LogP contribution in [-0.4, -0.2) is 80.6 Å². The van der Waals surface area contributed by atoms with Gasteiger partial charge in [0.1, 0.15) is 11.6 Å². The Morgan fingerprint density at radius 1 is 1.24 bits per heavy atom. The average Bonchev–Trinajstić information content (AvgIpc) is 3.33. The predicted octanol–water partition coefficient (Wildman–Crippen LogP) is 2.11. The maximum atomic E-state index is 13.5. The predicted molar refractivity (Wildman–Crippen MR) is 142 cm³/mol. The minimum atomic E-state index is -3.58. The molecule has 3 aliphatic rings. The van der Waals surface area contributed by atoms with Crippen molar-refractivity contribution in [2.45, 2.75) is 56.8 Å². The van der Waals surface area contributed by atoms with Crippen molar-refractivity contribution in [3.63, 3.8) is 0 Å². The second-order valence-corrected chi connectivity index (χ2v) is 12.3. The van der Waals surface area contributed by atoms with Crippen LogP contribution < -0.4 is 10.2 Å². The monoisotopic (exact) mass is 537 g/mol. The first-order valence-electron chi connectivity index (χ1n) is 13.0. The Labute approximate surface area is 221 Å². The molecule has 0 aliphatic carbocycles. The number of hydrogen-bond donors (Lipinski definition) is 3. The average molecular weight is 538 g/mol. The highest BCUT2D eigenvalue weighted by molar-refractivity contribution is 7.86. The van der Waals surface area contributed by atoms with Crippen LogP contribution in [0.2, 0.25) is 0 Å². The van der Waals surface area contributed by atoms with Gasteiger partial charge in [0.2, 0.25) is 0 Å². The number of aromatic amines is 1. The molecule has 0 spiro atoms. The number of fused-ring (bicyclic) bond motifs is 3. The van der Waals surface area contributed by atoms with Crippen LogP contribution in [0.1, 0.15) is 37.8 Å². The molecule has 2 bridgehead atoms. The largest absolute Gasteiger partial charge is 0.390 e. The van der Waals surface area contributed by atoms with Crippen molar-refractivity contribution >= 4 is 38.6 Å². The highest BCUT2D eigenvalue weighted by atomic mass is 32.2. The van der Waals surface area contributed by atoms with Gasteiger partial charge in [-0.15, -0.1) is 0 Å². The zero-order chi connectivity index (χ0) is 26.4. The van der Waals surface area contributed by atoms with Gasteiger partial charge >= 0.3 is 0 Å². The summed E-state index contributed by atoms with van der Waals surface area (Å²) < 4.78 is 30.2. The van der Waals surface area contributed by atoms with Crippen LogP contribution in [0.4, 0.5) is 17.5 Å². The molecule has 38 heavy (non-hydrogen) atoms. The van der Waals surface area contributed by atoms with Crippen molar-refractivity contribution in [1.29, 1.82) is 5.26 Å². The smallest absolute Gasteiger partial charge is 0.282 e. The molecule has 13 heteroatoms. The number of H-pyrrole nitrogens is 1. The van der Waals surface area contributed by atoms with E-state index >= 15 is 0 Å². The number of nitrogens with zero attached hydrogens (tertiary/aromatic N) is 7. The molecule has 200 valence electrons. The molecule has 0 saturated carbocycles. The number of aliphatic hydroxyl groups is 1. The van der Waals surface area contributed by atoms with Gasteiger partial charge in [0.25, 0.3) is 10.2 Å². The van der Waals surface area contributed by atoms with Crippen LogP contribution in [0, 0.1) is 17.2 Å². The molecule has 3 aromatic rings. The topological polar surface area (TPSA) is 154 Å². The molecular weight excluding hydrogens is 506 g/mol. The quantitative estimate of drug-likeness (QED) is 0.411. The molecule has 3 fully saturated rings. The summed E-state index contributed by atoms with van der Waals surface area (Å²) in [5.41, 5.74) is 1.38. The number of aliphatic hydroxyl groups excluding tert-OH is 1. The van der Waals surface area contributed by atoms with Gasteiger partial charge in [-0.2, -0.15) is 27.4 Å². The van der Waals surface area contributed by atoms with Crippen molar-refractivity contribution in [2.75, 3.05) is 30.4 Å². The highest BCUT2D eigenvalue weighted by Gasteiger charge is 2.49. The molecule has 0 radical (unpaired) electrons. The summed E-state index contributed by atoms with van der Waals surface area (Å²) in [7, 11) is -1.56. The third-order valence-corrected chi connectivity index (χ3v) is 10.1. The van der Waals surface area contributed by atoms with Crippen LogP contribution in [0.3, 0.4) is 0 Å². The molecule has 0 amide bonds. The highest BCUT2D eigenvalue weighted by Crippen LogP contribution is 2.41. The van der Waals surface area contributed by atoms with Gasteiger partial charge in [0.15, 0.2) is 5.82 Å². The number of rotatable bonds is 7. The molecule has 2 unspecified atom stereocenters. The van der Waals surface area contributed by atoms with Crippen LogP contribution in [0.5, 0.6) is 0 Å². The number of nitriles is 1. The first kappa shape index (κ1) is 25.0. The van der Waals surface area contributed by atoms with E-state index in [1.54, 1.807) is 16.6 Å². The Morgan fingerprint density at radius 2 is 2.00 bits per heavy atom. The number of anilines is 3. The Bertz CT molecular complexity index is 1470. The SMILES string of the molecule is CN(c1nc(Nc2cc(CO)[nH]n2)cc2ncccc12)C1CC2CCCC(C1)N2S(=O)(=O)N1CC(C#N)C1. The van der Waals surface area contributed by atoms with E-state index in [0.717, 1.165) is 36.0 Å². The van der Waals surface area contributed by atoms with Crippen LogP contribution in [-0.2, 0) is 16.8 Å². The summed E-state index contributed by atoms with van der Waals surface area (Å²) in [6, 6.07) is 9.61. The number of piperidine rings is 2. The van der Waals surface area contributed by atoms with E-state index in [9.17, 15) is 13.5 Å². The summed E-state index contributed by atoms with van der Waals surface area (Å²) in [6.45, 7) is 0.440. The van der Waals surface area contributed by atoms with Crippen molar-refractivity contribution in [2.24, 2.45) is 5.92 Å². The molecule has 3 N–H and O–H groups in total. The summed E-state index contributed by atoms with van der Waals surface area (Å²) in [6.07, 6.45) is 5.85. The summed E-state index contributed by atoms with van der Waals surface area (Å²) in [5.74, 6) is 1.69. The molecule has 3 aromatic heterocycles. The second kappa shape index (κ2) is 9.77. The van der Waals surface area contributed by atoms with E-state index in [2.05, 4.69) is 31.5 Å². The Kier molecular flexibility index (Phi) is 6.43. The van der Waals surface area contributed by atoms with E-state index < -0.39 is 10.2 Å². The fourth-order valence-electron chi connectivity index (χ4n) is 6.05. The lowest BCUT2D eigenvalue weighted by Gasteiger charge is -2.52. The zero-order valence-electron chi connectivity index (χ0n) is 21.2. The Balaban J connectivity index is 1.27. The van der Waals surface area contributed by atoms with E-state index in [4.69, 9.17) is 10.2 Å². The van der Waals surface area contributed by atoms with Gasteiger partial charge in [-0.3, -0.25) is 10.1 Å². The first-order chi connectivity index (χ1) is 18.4. The van der Waals surface area contributed by atoms with Gasteiger partial charge in [-0.1, -0.05) is 6.42 Å².